The smallest absolute Gasteiger partial charge is 0.322 e. The molecule has 116 valence electrons. The highest BCUT2D eigenvalue weighted by molar-refractivity contribution is 5.93. The maximum absolute atomic E-state index is 11.8. The van der Waals surface area contributed by atoms with Gasteiger partial charge >= 0.3 is 6.03 Å². The number of pyridine rings is 1. The van der Waals surface area contributed by atoms with Gasteiger partial charge in [0, 0.05) is 12.1 Å². The summed E-state index contributed by atoms with van der Waals surface area (Å²) in [6, 6.07) is 6.90. The van der Waals surface area contributed by atoms with Crippen molar-refractivity contribution in [2.45, 2.75) is 32.9 Å². The molecule has 0 atom stereocenters. The van der Waals surface area contributed by atoms with Crippen LogP contribution in [0.5, 0.6) is 0 Å². The topological polar surface area (TPSA) is 75.2 Å². The Kier molecular flexibility index (Phi) is 5.71. The maximum atomic E-state index is 11.8. The third-order valence-corrected chi connectivity index (χ3v) is 3.08. The van der Waals surface area contributed by atoms with Crippen LogP contribution in [-0.4, -0.2) is 11.9 Å². The Morgan fingerprint density at radius 1 is 1.23 bits per heavy atom. The largest absolute Gasteiger partial charge is 0.467 e. The summed E-state index contributed by atoms with van der Waals surface area (Å²) in [5.74, 6) is 0.258. The number of imide groups is 1. The number of hydrogen-bond acceptors (Lipinski definition) is 3. The van der Waals surface area contributed by atoms with Gasteiger partial charge in [0.1, 0.15) is 5.76 Å². The van der Waals surface area contributed by atoms with E-state index >= 15 is 0 Å². The van der Waals surface area contributed by atoms with Crippen LogP contribution >= 0.6 is 0 Å². The lowest BCUT2D eigenvalue weighted by Gasteiger charge is -2.04. The SMILES string of the molecule is CCCc1cc[n+](CC(=O)NC(=O)NCc2ccco2)cc1. The Balaban J connectivity index is 1.75. The second-order valence-electron chi connectivity index (χ2n) is 4.94. The van der Waals surface area contributed by atoms with Crippen molar-refractivity contribution in [3.63, 3.8) is 0 Å². The number of nitrogens with zero attached hydrogens (tertiary/aromatic N) is 1. The Morgan fingerprint density at radius 2 is 2.00 bits per heavy atom. The van der Waals surface area contributed by atoms with Crippen molar-refractivity contribution in [3.05, 3.63) is 54.2 Å². The van der Waals surface area contributed by atoms with Crippen molar-refractivity contribution in [2.24, 2.45) is 0 Å². The normalized spacial score (nSPS) is 10.2. The van der Waals surface area contributed by atoms with Gasteiger partial charge in [0.25, 0.3) is 5.91 Å². The van der Waals surface area contributed by atoms with Crippen LogP contribution in [0, 0.1) is 0 Å². The minimum atomic E-state index is -0.537. The van der Waals surface area contributed by atoms with Crippen LogP contribution in [-0.2, 0) is 24.3 Å². The molecule has 0 aliphatic rings. The Hall–Kier alpha value is -2.63. The molecule has 0 saturated carbocycles. The van der Waals surface area contributed by atoms with Gasteiger partial charge in [-0.3, -0.25) is 10.1 Å². The maximum Gasteiger partial charge on any atom is 0.322 e. The van der Waals surface area contributed by atoms with Crippen molar-refractivity contribution in [1.29, 1.82) is 0 Å². The van der Waals surface area contributed by atoms with E-state index in [0.29, 0.717) is 5.76 Å². The number of rotatable bonds is 6. The number of aryl methyl sites for hydroxylation is 1. The number of carbonyl (C=O) groups excluding carboxylic acids is 2. The molecule has 0 spiro atoms. The molecular formula is C16H20N3O3+. The van der Waals surface area contributed by atoms with E-state index in [1.807, 2.05) is 24.5 Å². The van der Waals surface area contributed by atoms with Crippen LogP contribution in [0.3, 0.4) is 0 Å². The predicted molar refractivity (Wildman–Crippen MR) is 79.7 cm³/mol. The molecule has 2 rings (SSSR count). The molecule has 0 radical (unpaired) electrons. The van der Waals surface area contributed by atoms with Crippen LogP contribution in [0.2, 0.25) is 0 Å². The molecule has 0 aliphatic heterocycles. The van der Waals surface area contributed by atoms with Gasteiger partial charge in [0.05, 0.1) is 12.8 Å². The van der Waals surface area contributed by atoms with E-state index in [1.54, 1.807) is 16.7 Å². The van der Waals surface area contributed by atoms with E-state index in [-0.39, 0.29) is 19.0 Å². The minimum Gasteiger partial charge on any atom is -0.467 e. The molecule has 0 fully saturated rings. The Labute approximate surface area is 129 Å². The van der Waals surface area contributed by atoms with E-state index < -0.39 is 6.03 Å². The fourth-order valence-corrected chi connectivity index (χ4v) is 2.01. The first-order valence-electron chi connectivity index (χ1n) is 7.25. The number of aromatic nitrogens is 1. The van der Waals surface area contributed by atoms with E-state index in [4.69, 9.17) is 4.42 Å². The zero-order valence-electron chi connectivity index (χ0n) is 12.5. The number of nitrogens with one attached hydrogen (secondary N) is 2. The summed E-state index contributed by atoms with van der Waals surface area (Å²) in [4.78, 5) is 23.4. The fraction of sp³-hybridized carbons (Fsp3) is 0.312. The first-order valence-corrected chi connectivity index (χ1v) is 7.25. The molecule has 2 N–H and O–H groups in total. The van der Waals surface area contributed by atoms with Gasteiger partial charge in [-0.25, -0.2) is 4.79 Å². The summed E-state index contributed by atoms with van der Waals surface area (Å²) >= 11 is 0. The van der Waals surface area contributed by atoms with Crippen LogP contribution in [0.25, 0.3) is 0 Å². The molecule has 0 aliphatic carbocycles. The lowest BCUT2D eigenvalue weighted by molar-refractivity contribution is -0.684. The minimum absolute atomic E-state index is 0.0978. The predicted octanol–water partition coefficient (Wildman–Crippen LogP) is 1.55. The van der Waals surface area contributed by atoms with Gasteiger partial charge < -0.3 is 9.73 Å². The van der Waals surface area contributed by atoms with Crippen LogP contribution in [0.15, 0.2) is 47.3 Å². The van der Waals surface area contributed by atoms with Gasteiger partial charge in [-0.15, -0.1) is 0 Å². The van der Waals surface area contributed by atoms with Crippen molar-refractivity contribution < 1.29 is 18.6 Å². The lowest BCUT2D eigenvalue weighted by atomic mass is 10.2. The van der Waals surface area contributed by atoms with Crippen LogP contribution in [0.4, 0.5) is 4.79 Å². The molecular weight excluding hydrogens is 282 g/mol. The highest BCUT2D eigenvalue weighted by Crippen LogP contribution is 1.99. The fourth-order valence-electron chi connectivity index (χ4n) is 2.01. The summed E-state index contributed by atoms with van der Waals surface area (Å²) < 4.78 is 6.81. The summed E-state index contributed by atoms with van der Waals surface area (Å²) in [5.41, 5.74) is 1.23. The van der Waals surface area contributed by atoms with E-state index in [0.717, 1.165) is 12.8 Å². The van der Waals surface area contributed by atoms with E-state index in [1.165, 1.54) is 11.8 Å². The van der Waals surface area contributed by atoms with Crippen molar-refractivity contribution in [3.8, 4) is 0 Å². The second-order valence-corrected chi connectivity index (χ2v) is 4.94. The van der Waals surface area contributed by atoms with Gasteiger partial charge in [-0.05, 0) is 24.1 Å². The molecule has 6 heteroatoms. The third kappa shape index (κ3) is 5.05. The zero-order chi connectivity index (χ0) is 15.8. The lowest BCUT2D eigenvalue weighted by Crippen LogP contribution is -2.47. The van der Waals surface area contributed by atoms with E-state index in [2.05, 4.69) is 17.6 Å². The molecule has 0 aromatic carbocycles. The number of amides is 3. The average Bonchev–Trinajstić information content (AvgIpc) is 3.01. The second kappa shape index (κ2) is 7.97. The van der Waals surface area contributed by atoms with Gasteiger partial charge in [-0.2, -0.15) is 4.57 Å². The van der Waals surface area contributed by atoms with Crippen molar-refractivity contribution in [2.75, 3.05) is 0 Å². The molecule has 2 heterocycles. The average molecular weight is 302 g/mol. The molecule has 22 heavy (non-hydrogen) atoms. The first-order chi connectivity index (χ1) is 10.7. The Bertz CT molecular complexity index is 606. The van der Waals surface area contributed by atoms with Crippen molar-refractivity contribution in [1.82, 2.24) is 10.6 Å². The van der Waals surface area contributed by atoms with Gasteiger partial charge in [-0.1, -0.05) is 13.3 Å². The quantitative estimate of drug-likeness (QED) is 0.795. The molecule has 2 aromatic rings. The summed E-state index contributed by atoms with van der Waals surface area (Å²) in [6.07, 6.45) is 7.30. The first kappa shape index (κ1) is 15.8. The van der Waals surface area contributed by atoms with Gasteiger partial charge in [0.2, 0.25) is 6.54 Å². The van der Waals surface area contributed by atoms with E-state index in [9.17, 15) is 9.59 Å². The molecule has 0 bridgehead atoms. The number of urea groups is 1. The third-order valence-electron chi connectivity index (χ3n) is 3.08. The van der Waals surface area contributed by atoms with Crippen molar-refractivity contribution >= 4 is 11.9 Å². The molecule has 6 nitrogen and oxygen atoms in total. The molecule has 0 saturated heterocycles. The molecule has 2 aromatic heterocycles. The summed E-state index contributed by atoms with van der Waals surface area (Å²) in [5, 5.41) is 4.83. The summed E-state index contributed by atoms with van der Waals surface area (Å²) in [6.45, 7) is 2.46. The molecule has 0 unspecified atom stereocenters. The molecule has 3 amide bonds. The standard InChI is InChI=1S/C16H19N3O3/c1-2-4-13-6-8-19(9-7-13)12-15(20)18-16(21)17-11-14-5-3-10-22-14/h3,5-10H,2,4,11-12H2,1H3,(H-,17,18,20,21)/p+1. The number of carbonyl (C=O) groups is 2. The monoisotopic (exact) mass is 302 g/mol. The summed E-state index contributed by atoms with van der Waals surface area (Å²) in [7, 11) is 0. The van der Waals surface area contributed by atoms with Gasteiger partial charge in [0.15, 0.2) is 12.4 Å². The van der Waals surface area contributed by atoms with Crippen LogP contribution < -0.4 is 15.2 Å². The van der Waals surface area contributed by atoms with Crippen LogP contribution in [0.1, 0.15) is 24.7 Å². The zero-order valence-corrected chi connectivity index (χ0v) is 12.5. The highest BCUT2D eigenvalue weighted by atomic mass is 16.3. The number of furan rings is 1. The highest BCUT2D eigenvalue weighted by Gasteiger charge is 2.12. The number of hydrogen-bond donors (Lipinski definition) is 2. The Morgan fingerprint density at radius 3 is 2.64 bits per heavy atom.